The average Bonchev–Trinajstić information content (AvgIpc) is 3.06. The lowest BCUT2D eigenvalue weighted by molar-refractivity contribution is 0.140. The highest BCUT2D eigenvalue weighted by Crippen LogP contribution is 2.19. The number of hydrogen-bond donors (Lipinski definition) is 0. The van der Waals surface area contributed by atoms with E-state index >= 15 is 0 Å². The highest BCUT2D eigenvalue weighted by atomic mass is 32.2. The zero-order chi connectivity index (χ0) is 19.6. The number of aryl methyl sites for hydroxylation is 2. The molecule has 2 aromatic rings. The van der Waals surface area contributed by atoms with Gasteiger partial charge in [-0.15, -0.1) is 0 Å². The van der Waals surface area contributed by atoms with Gasteiger partial charge in [0.15, 0.2) is 0 Å². The van der Waals surface area contributed by atoms with E-state index in [0.29, 0.717) is 31.1 Å². The van der Waals surface area contributed by atoms with E-state index < -0.39 is 10.0 Å². The number of rotatable bonds is 4. The third-order valence-corrected chi connectivity index (χ3v) is 6.48. The Morgan fingerprint density at radius 1 is 1.15 bits per heavy atom. The highest BCUT2D eigenvalue weighted by molar-refractivity contribution is 7.89. The fourth-order valence-electron chi connectivity index (χ4n) is 3.02. The Hall–Kier alpha value is -2.39. The van der Waals surface area contributed by atoms with Crippen molar-refractivity contribution in [1.29, 1.82) is 0 Å². The van der Waals surface area contributed by atoms with Crippen molar-refractivity contribution in [2.75, 3.05) is 33.2 Å². The topological polar surface area (TPSA) is 87.0 Å². The summed E-state index contributed by atoms with van der Waals surface area (Å²) in [4.78, 5) is 16.1. The first-order valence-corrected chi connectivity index (χ1v) is 10.2. The normalized spacial score (nSPS) is 15.7. The predicted molar refractivity (Wildman–Crippen MR) is 99.6 cm³/mol. The summed E-state index contributed by atoms with van der Waals surface area (Å²) in [7, 11) is -1.84. The molecular weight excluding hydrogens is 368 g/mol. The zero-order valence-electron chi connectivity index (χ0n) is 15.8. The molecule has 1 fully saturated rings. The SMILES string of the molecule is Cc1ccc(S(=O)(=O)N2CCN(C(=O)N(C)Cc3cc(C)on3)CC2)cc1. The van der Waals surface area contributed by atoms with Crippen LogP contribution in [-0.2, 0) is 16.6 Å². The van der Waals surface area contributed by atoms with Gasteiger partial charge in [0.1, 0.15) is 11.5 Å². The number of hydrogen-bond acceptors (Lipinski definition) is 5. The molecule has 0 spiro atoms. The largest absolute Gasteiger partial charge is 0.361 e. The lowest BCUT2D eigenvalue weighted by Crippen LogP contribution is -2.53. The Bertz CT molecular complexity index is 900. The van der Waals surface area contributed by atoms with Crippen LogP contribution in [0.5, 0.6) is 0 Å². The van der Waals surface area contributed by atoms with Crippen molar-refractivity contribution in [3.8, 4) is 0 Å². The lowest BCUT2D eigenvalue weighted by atomic mass is 10.2. The molecule has 2 heterocycles. The maximum absolute atomic E-state index is 12.7. The van der Waals surface area contributed by atoms with E-state index in [4.69, 9.17) is 4.52 Å². The van der Waals surface area contributed by atoms with E-state index in [1.54, 1.807) is 54.1 Å². The minimum Gasteiger partial charge on any atom is -0.361 e. The summed E-state index contributed by atoms with van der Waals surface area (Å²) in [5.41, 5.74) is 1.69. The molecule has 1 aromatic carbocycles. The molecule has 0 bridgehead atoms. The number of benzene rings is 1. The molecule has 3 rings (SSSR count). The Labute approximate surface area is 159 Å². The van der Waals surface area contributed by atoms with Crippen LogP contribution in [-0.4, -0.2) is 66.9 Å². The number of carbonyl (C=O) groups is 1. The standard InChI is InChI=1S/C18H24N4O4S/c1-14-4-6-17(7-5-14)27(24,25)22-10-8-21(9-11-22)18(23)20(3)13-16-12-15(2)26-19-16/h4-7,12H,8-11,13H2,1-3H3. The van der Waals surface area contributed by atoms with Gasteiger partial charge in [0.05, 0.1) is 11.4 Å². The summed E-state index contributed by atoms with van der Waals surface area (Å²) in [6.07, 6.45) is 0. The quantitative estimate of drug-likeness (QED) is 0.792. The summed E-state index contributed by atoms with van der Waals surface area (Å²) in [5.74, 6) is 0.695. The summed E-state index contributed by atoms with van der Waals surface area (Å²) in [6.45, 7) is 5.32. The molecule has 1 aliphatic rings. The number of aromatic nitrogens is 1. The second kappa shape index (κ2) is 7.69. The number of carbonyl (C=O) groups excluding carboxylic acids is 1. The number of urea groups is 1. The van der Waals surface area contributed by atoms with E-state index in [2.05, 4.69) is 5.16 Å². The van der Waals surface area contributed by atoms with Crippen molar-refractivity contribution in [2.24, 2.45) is 0 Å². The van der Waals surface area contributed by atoms with Gasteiger partial charge in [0.2, 0.25) is 10.0 Å². The molecule has 146 valence electrons. The number of piperazine rings is 1. The first-order valence-electron chi connectivity index (χ1n) is 8.76. The van der Waals surface area contributed by atoms with Crippen LogP contribution in [0.3, 0.4) is 0 Å². The van der Waals surface area contributed by atoms with Crippen molar-refractivity contribution in [2.45, 2.75) is 25.3 Å². The molecule has 0 N–H and O–H groups in total. The third kappa shape index (κ3) is 4.30. The first kappa shape index (κ1) is 19.4. The average molecular weight is 392 g/mol. The number of amides is 2. The molecule has 0 saturated carbocycles. The van der Waals surface area contributed by atoms with Crippen LogP contribution in [0.1, 0.15) is 17.0 Å². The summed E-state index contributed by atoms with van der Waals surface area (Å²) in [6, 6.07) is 8.45. The second-order valence-corrected chi connectivity index (χ2v) is 8.71. The molecule has 0 unspecified atom stereocenters. The van der Waals surface area contributed by atoms with Crippen LogP contribution in [0.25, 0.3) is 0 Å². The molecule has 9 heteroatoms. The van der Waals surface area contributed by atoms with Gasteiger partial charge in [-0.25, -0.2) is 13.2 Å². The Balaban J connectivity index is 1.59. The fraction of sp³-hybridized carbons (Fsp3) is 0.444. The molecule has 2 amide bonds. The molecule has 0 atom stereocenters. The van der Waals surface area contributed by atoms with E-state index in [1.165, 1.54) is 4.31 Å². The van der Waals surface area contributed by atoms with Crippen molar-refractivity contribution in [1.82, 2.24) is 19.3 Å². The van der Waals surface area contributed by atoms with Crippen molar-refractivity contribution in [3.63, 3.8) is 0 Å². The van der Waals surface area contributed by atoms with Crippen LogP contribution in [0.15, 0.2) is 39.8 Å². The van der Waals surface area contributed by atoms with E-state index in [9.17, 15) is 13.2 Å². The maximum atomic E-state index is 12.7. The van der Waals surface area contributed by atoms with Gasteiger partial charge >= 0.3 is 6.03 Å². The van der Waals surface area contributed by atoms with Crippen molar-refractivity contribution < 1.29 is 17.7 Å². The smallest absolute Gasteiger partial charge is 0.320 e. The van der Waals surface area contributed by atoms with Gasteiger partial charge in [-0.1, -0.05) is 22.9 Å². The maximum Gasteiger partial charge on any atom is 0.320 e. The Morgan fingerprint density at radius 2 is 1.78 bits per heavy atom. The van der Waals surface area contributed by atoms with Crippen molar-refractivity contribution >= 4 is 16.1 Å². The van der Waals surface area contributed by atoms with Crippen LogP contribution in [0.4, 0.5) is 4.79 Å². The van der Waals surface area contributed by atoms with Gasteiger partial charge in [0.25, 0.3) is 0 Å². The second-order valence-electron chi connectivity index (χ2n) is 6.77. The molecule has 1 aliphatic heterocycles. The molecule has 1 aromatic heterocycles. The summed E-state index contributed by atoms with van der Waals surface area (Å²) in [5, 5.41) is 3.89. The van der Waals surface area contributed by atoms with Crippen LogP contribution < -0.4 is 0 Å². The minimum atomic E-state index is -3.53. The van der Waals surface area contributed by atoms with Gasteiger partial charge in [0, 0.05) is 39.3 Å². The Kier molecular flexibility index (Phi) is 5.52. The van der Waals surface area contributed by atoms with E-state index in [1.807, 2.05) is 6.92 Å². The van der Waals surface area contributed by atoms with Gasteiger partial charge in [-0.05, 0) is 26.0 Å². The summed E-state index contributed by atoms with van der Waals surface area (Å²) >= 11 is 0. The van der Waals surface area contributed by atoms with Crippen LogP contribution >= 0.6 is 0 Å². The van der Waals surface area contributed by atoms with Gasteiger partial charge in [-0.2, -0.15) is 4.31 Å². The fourth-order valence-corrected chi connectivity index (χ4v) is 4.45. The molecular formula is C18H24N4O4S. The van der Waals surface area contributed by atoms with E-state index in [0.717, 1.165) is 5.56 Å². The van der Waals surface area contributed by atoms with Gasteiger partial charge in [-0.3, -0.25) is 0 Å². The zero-order valence-corrected chi connectivity index (χ0v) is 16.6. The molecule has 27 heavy (non-hydrogen) atoms. The molecule has 0 aliphatic carbocycles. The number of nitrogens with zero attached hydrogens (tertiary/aromatic N) is 4. The molecule has 0 radical (unpaired) electrons. The first-order chi connectivity index (χ1) is 12.8. The lowest BCUT2D eigenvalue weighted by Gasteiger charge is -2.35. The van der Waals surface area contributed by atoms with Crippen LogP contribution in [0.2, 0.25) is 0 Å². The predicted octanol–water partition coefficient (Wildman–Crippen LogP) is 1.85. The number of sulfonamides is 1. The third-order valence-electron chi connectivity index (χ3n) is 4.57. The molecule has 1 saturated heterocycles. The monoisotopic (exact) mass is 392 g/mol. The van der Waals surface area contributed by atoms with E-state index in [-0.39, 0.29) is 24.0 Å². The minimum absolute atomic E-state index is 0.150. The molecule has 8 nitrogen and oxygen atoms in total. The highest BCUT2D eigenvalue weighted by Gasteiger charge is 2.31. The van der Waals surface area contributed by atoms with Gasteiger partial charge < -0.3 is 14.3 Å². The Morgan fingerprint density at radius 3 is 2.33 bits per heavy atom. The van der Waals surface area contributed by atoms with Crippen molar-refractivity contribution in [3.05, 3.63) is 47.3 Å². The summed E-state index contributed by atoms with van der Waals surface area (Å²) < 4.78 is 31.9. The van der Waals surface area contributed by atoms with Crippen LogP contribution in [0, 0.1) is 13.8 Å².